The highest BCUT2D eigenvalue weighted by atomic mass is 16.4. The van der Waals surface area contributed by atoms with Crippen LogP contribution in [0.2, 0.25) is 0 Å². The van der Waals surface area contributed by atoms with Gasteiger partial charge in [-0.3, -0.25) is 9.59 Å². The number of amides is 1. The number of rotatable bonds is 7. The van der Waals surface area contributed by atoms with Crippen LogP contribution in [0.3, 0.4) is 0 Å². The maximum absolute atomic E-state index is 11.6. The van der Waals surface area contributed by atoms with E-state index in [2.05, 4.69) is 5.32 Å². The van der Waals surface area contributed by atoms with Gasteiger partial charge < -0.3 is 10.4 Å². The van der Waals surface area contributed by atoms with Crippen molar-refractivity contribution < 1.29 is 14.7 Å². The molecule has 0 aromatic carbocycles. The standard InChI is InChI=1S/C14H25NO3/c1-11(10-14(17)18)15-13(16)9-5-8-12-6-3-2-4-7-12/h11-12H,2-10H2,1H3,(H,15,16)(H,17,18). The van der Waals surface area contributed by atoms with E-state index in [4.69, 9.17) is 5.11 Å². The molecule has 1 unspecified atom stereocenters. The van der Waals surface area contributed by atoms with Gasteiger partial charge in [-0.1, -0.05) is 32.1 Å². The molecule has 0 aromatic rings. The van der Waals surface area contributed by atoms with Crippen LogP contribution in [0.25, 0.3) is 0 Å². The number of nitrogens with one attached hydrogen (secondary N) is 1. The van der Waals surface area contributed by atoms with E-state index in [0.29, 0.717) is 6.42 Å². The zero-order valence-corrected chi connectivity index (χ0v) is 11.3. The molecule has 1 aliphatic carbocycles. The lowest BCUT2D eigenvalue weighted by Crippen LogP contribution is -2.34. The van der Waals surface area contributed by atoms with Crippen molar-refractivity contribution in [3.63, 3.8) is 0 Å². The predicted molar refractivity (Wildman–Crippen MR) is 70.3 cm³/mol. The van der Waals surface area contributed by atoms with Gasteiger partial charge in [0.25, 0.3) is 0 Å². The Hall–Kier alpha value is -1.06. The van der Waals surface area contributed by atoms with Crippen LogP contribution in [0.4, 0.5) is 0 Å². The first-order valence-corrected chi connectivity index (χ1v) is 7.09. The van der Waals surface area contributed by atoms with Crippen LogP contribution in [0.1, 0.15) is 64.7 Å². The molecule has 0 radical (unpaired) electrons. The van der Waals surface area contributed by atoms with Crippen LogP contribution < -0.4 is 5.32 Å². The number of carbonyl (C=O) groups is 2. The first-order valence-electron chi connectivity index (χ1n) is 7.09. The molecule has 1 fully saturated rings. The lowest BCUT2D eigenvalue weighted by Gasteiger charge is -2.21. The molecule has 0 saturated heterocycles. The van der Waals surface area contributed by atoms with Gasteiger partial charge in [0, 0.05) is 12.5 Å². The van der Waals surface area contributed by atoms with Gasteiger partial charge in [-0.25, -0.2) is 0 Å². The van der Waals surface area contributed by atoms with E-state index < -0.39 is 5.97 Å². The summed E-state index contributed by atoms with van der Waals surface area (Å²) in [5.74, 6) is -0.0763. The molecule has 1 atom stereocenters. The van der Waals surface area contributed by atoms with E-state index in [1.807, 2.05) is 0 Å². The minimum atomic E-state index is -0.870. The van der Waals surface area contributed by atoms with Crippen molar-refractivity contribution in [1.82, 2.24) is 5.32 Å². The summed E-state index contributed by atoms with van der Waals surface area (Å²) in [4.78, 5) is 22.0. The molecule has 4 nitrogen and oxygen atoms in total. The molecule has 4 heteroatoms. The lowest BCUT2D eigenvalue weighted by molar-refractivity contribution is -0.137. The smallest absolute Gasteiger partial charge is 0.305 e. The Morgan fingerprint density at radius 3 is 2.56 bits per heavy atom. The molecule has 1 saturated carbocycles. The molecule has 104 valence electrons. The highest BCUT2D eigenvalue weighted by Crippen LogP contribution is 2.27. The summed E-state index contributed by atoms with van der Waals surface area (Å²) >= 11 is 0. The van der Waals surface area contributed by atoms with E-state index in [1.54, 1.807) is 6.92 Å². The van der Waals surface area contributed by atoms with Gasteiger partial charge in [0.1, 0.15) is 0 Å². The van der Waals surface area contributed by atoms with Crippen molar-refractivity contribution in [1.29, 1.82) is 0 Å². The Morgan fingerprint density at radius 1 is 1.28 bits per heavy atom. The monoisotopic (exact) mass is 255 g/mol. The van der Waals surface area contributed by atoms with Crippen LogP contribution in [-0.4, -0.2) is 23.0 Å². The third-order valence-electron chi connectivity index (χ3n) is 3.63. The van der Waals surface area contributed by atoms with Crippen molar-refractivity contribution in [3.8, 4) is 0 Å². The highest BCUT2D eigenvalue weighted by molar-refractivity contribution is 5.77. The Kier molecular flexibility index (Phi) is 6.76. The summed E-state index contributed by atoms with van der Waals surface area (Å²) < 4.78 is 0. The second-order valence-electron chi connectivity index (χ2n) is 5.46. The van der Waals surface area contributed by atoms with Crippen molar-refractivity contribution in [3.05, 3.63) is 0 Å². The number of hydrogen-bond donors (Lipinski definition) is 2. The van der Waals surface area contributed by atoms with Gasteiger partial charge in [0.15, 0.2) is 0 Å². The first kappa shape index (κ1) is 15.0. The Balaban J connectivity index is 2.07. The molecule has 0 heterocycles. The average molecular weight is 255 g/mol. The third-order valence-corrected chi connectivity index (χ3v) is 3.63. The third kappa shape index (κ3) is 6.62. The molecule has 1 aliphatic rings. The fourth-order valence-corrected chi connectivity index (χ4v) is 2.69. The number of aliphatic carboxylic acids is 1. The second kappa shape index (κ2) is 8.11. The van der Waals surface area contributed by atoms with Crippen molar-refractivity contribution in [2.24, 2.45) is 5.92 Å². The van der Waals surface area contributed by atoms with Gasteiger partial charge in [0.05, 0.1) is 6.42 Å². The summed E-state index contributed by atoms with van der Waals surface area (Å²) in [6, 6.07) is -0.273. The van der Waals surface area contributed by atoms with Gasteiger partial charge in [0.2, 0.25) is 5.91 Å². The summed E-state index contributed by atoms with van der Waals surface area (Å²) in [5.41, 5.74) is 0. The Bertz CT molecular complexity index is 272. The van der Waals surface area contributed by atoms with E-state index in [0.717, 1.165) is 18.8 Å². The topological polar surface area (TPSA) is 66.4 Å². The fraction of sp³-hybridized carbons (Fsp3) is 0.857. The van der Waals surface area contributed by atoms with E-state index in [1.165, 1.54) is 32.1 Å². The minimum Gasteiger partial charge on any atom is -0.481 e. The van der Waals surface area contributed by atoms with E-state index in [-0.39, 0.29) is 18.4 Å². The van der Waals surface area contributed by atoms with E-state index >= 15 is 0 Å². The normalized spacial score (nSPS) is 18.3. The molecule has 0 spiro atoms. The number of carboxylic acid groups (broad SMARTS) is 1. The van der Waals surface area contributed by atoms with Crippen LogP contribution in [-0.2, 0) is 9.59 Å². The van der Waals surface area contributed by atoms with Crippen LogP contribution in [0, 0.1) is 5.92 Å². The summed E-state index contributed by atoms with van der Waals surface area (Å²) in [7, 11) is 0. The van der Waals surface area contributed by atoms with Gasteiger partial charge in [-0.05, 0) is 25.7 Å². The highest BCUT2D eigenvalue weighted by Gasteiger charge is 2.14. The summed E-state index contributed by atoms with van der Waals surface area (Å²) in [6.45, 7) is 1.73. The quantitative estimate of drug-likeness (QED) is 0.735. The van der Waals surface area contributed by atoms with Crippen molar-refractivity contribution in [2.45, 2.75) is 70.8 Å². The molecule has 1 rings (SSSR count). The SMILES string of the molecule is CC(CC(=O)O)NC(=O)CCCC1CCCCC1. The number of hydrogen-bond acceptors (Lipinski definition) is 2. The molecule has 1 amide bonds. The second-order valence-corrected chi connectivity index (χ2v) is 5.46. The Morgan fingerprint density at radius 2 is 1.94 bits per heavy atom. The van der Waals surface area contributed by atoms with Crippen LogP contribution >= 0.6 is 0 Å². The summed E-state index contributed by atoms with van der Waals surface area (Å²) in [5, 5.41) is 11.3. The maximum Gasteiger partial charge on any atom is 0.305 e. The zero-order valence-electron chi connectivity index (χ0n) is 11.3. The van der Waals surface area contributed by atoms with Gasteiger partial charge in [-0.15, -0.1) is 0 Å². The first-order chi connectivity index (χ1) is 8.58. The average Bonchev–Trinajstić information content (AvgIpc) is 2.29. The van der Waals surface area contributed by atoms with Crippen LogP contribution in [0.15, 0.2) is 0 Å². The van der Waals surface area contributed by atoms with Gasteiger partial charge in [-0.2, -0.15) is 0 Å². The van der Waals surface area contributed by atoms with Crippen LogP contribution in [0.5, 0.6) is 0 Å². The number of carbonyl (C=O) groups excluding carboxylic acids is 1. The molecule has 0 aromatic heterocycles. The zero-order chi connectivity index (χ0) is 13.4. The molecular weight excluding hydrogens is 230 g/mol. The summed E-state index contributed by atoms with van der Waals surface area (Å²) in [6.07, 6.45) is 9.27. The molecule has 18 heavy (non-hydrogen) atoms. The molecular formula is C14H25NO3. The number of carboxylic acids is 1. The van der Waals surface area contributed by atoms with Crippen molar-refractivity contribution >= 4 is 11.9 Å². The lowest BCUT2D eigenvalue weighted by atomic mass is 9.86. The van der Waals surface area contributed by atoms with Crippen molar-refractivity contribution in [2.75, 3.05) is 0 Å². The Labute approximate surface area is 109 Å². The van der Waals surface area contributed by atoms with E-state index in [9.17, 15) is 9.59 Å². The predicted octanol–water partition coefficient (Wildman–Crippen LogP) is 2.72. The molecule has 0 aliphatic heterocycles. The maximum atomic E-state index is 11.6. The molecule has 2 N–H and O–H groups in total. The largest absolute Gasteiger partial charge is 0.481 e. The minimum absolute atomic E-state index is 0.00559. The molecule has 0 bridgehead atoms. The fourth-order valence-electron chi connectivity index (χ4n) is 2.69. The van der Waals surface area contributed by atoms with Gasteiger partial charge >= 0.3 is 5.97 Å².